The maximum atomic E-state index is 12.1. The molecule has 2 rings (SSSR count). The van der Waals surface area contributed by atoms with E-state index in [4.69, 9.17) is 5.11 Å². The molecule has 0 radical (unpaired) electrons. The summed E-state index contributed by atoms with van der Waals surface area (Å²) in [4.78, 5) is 24.4. The molecule has 0 aliphatic heterocycles. The number of rotatable bonds is 7. The van der Waals surface area contributed by atoms with Crippen LogP contribution in [0.5, 0.6) is 0 Å². The SMILES string of the molecule is CC(Cc1ccsc1)NC(=O)N(CC(=O)O)CC1CC1. The Labute approximate surface area is 122 Å². The average Bonchev–Trinajstić information content (AvgIpc) is 3.03. The van der Waals surface area contributed by atoms with Crippen LogP contribution in [-0.2, 0) is 11.2 Å². The maximum Gasteiger partial charge on any atom is 0.323 e. The summed E-state index contributed by atoms with van der Waals surface area (Å²) in [6, 6.07) is 1.75. The molecule has 2 N–H and O–H groups in total. The number of thiophene rings is 1. The van der Waals surface area contributed by atoms with Crippen LogP contribution < -0.4 is 5.32 Å². The molecule has 1 aliphatic carbocycles. The molecule has 0 saturated heterocycles. The van der Waals surface area contributed by atoms with Gasteiger partial charge in [0.1, 0.15) is 6.54 Å². The summed E-state index contributed by atoms with van der Waals surface area (Å²) < 4.78 is 0. The Morgan fingerprint density at radius 1 is 1.55 bits per heavy atom. The van der Waals surface area contributed by atoms with Gasteiger partial charge in [0.25, 0.3) is 0 Å². The quantitative estimate of drug-likeness (QED) is 0.810. The molecule has 20 heavy (non-hydrogen) atoms. The Kier molecular flexibility index (Phi) is 5.00. The molecular weight excluding hydrogens is 276 g/mol. The largest absolute Gasteiger partial charge is 0.480 e. The lowest BCUT2D eigenvalue weighted by Gasteiger charge is -2.23. The molecule has 0 spiro atoms. The van der Waals surface area contributed by atoms with E-state index in [-0.39, 0.29) is 18.6 Å². The van der Waals surface area contributed by atoms with Gasteiger partial charge in [-0.2, -0.15) is 11.3 Å². The highest BCUT2D eigenvalue weighted by Gasteiger charge is 2.28. The lowest BCUT2D eigenvalue weighted by molar-refractivity contribution is -0.137. The summed E-state index contributed by atoms with van der Waals surface area (Å²) in [5.41, 5.74) is 1.19. The van der Waals surface area contributed by atoms with Crippen LogP contribution in [0.4, 0.5) is 4.79 Å². The summed E-state index contributed by atoms with van der Waals surface area (Å²) in [5, 5.41) is 15.8. The fraction of sp³-hybridized carbons (Fsp3) is 0.571. The van der Waals surface area contributed by atoms with Gasteiger partial charge in [0, 0.05) is 12.6 Å². The zero-order valence-corrected chi connectivity index (χ0v) is 12.4. The van der Waals surface area contributed by atoms with E-state index in [1.165, 1.54) is 10.5 Å². The van der Waals surface area contributed by atoms with E-state index in [2.05, 4.69) is 10.7 Å². The Morgan fingerprint density at radius 3 is 2.85 bits per heavy atom. The van der Waals surface area contributed by atoms with E-state index in [1.807, 2.05) is 18.4 Å². The van der Waals surface area contributed by atoms with Crippen molar-refractivity contribution in [2.75, 3.05) is 13.1 Å². The summed E-state index contributed by atoms with van der Waals surface area (Å²) in [7, 11) is 0. The van der Waals surface area contributed by atoms with Crippen LogP contribution in [0, 0.1) is 5.92 Å². The number of aliphatic carboxylic acids is 1. The molecule has 1 aromatic rings. The number of hydrogen-bond donors (Lipinski definition) is 2. The first-order chi connectivity index (χ1) is 9.54. The van der Waals surface area contributed by atoms with Gasteiger partial charge in [0.05, 0.1) is 0 Å². The van der Waals surface area contributed by atoms with Crippen molar-refractivity contribution in [3.05, 3.63) is 22.4 Å². The molecule has 6 heteroatoms. The lowest BCUT2D eigenvalue weighted by Crippen LogP contribution is -2.47. The molecule has 1 aromatic heterocycles. The Morgan fingerprint density at radius 2 is 2.30 bits per heavy atom. The predicted octanol–water partition coefficient (Wildman–Crippen LogP) is 2.19. The topological polar surface area (TPSA) is 69.6 Å². The number of carboxylic acids is 1. The van der Waals surface area contributed by atoms with E-state index in [9.17, 15) is 9.59 Å². The highest BCUT2D eigenvalue weighted by Crippen LogP contribution is 2.29. The summed E-state index contributed by atoms with van der Waals surface area (Å²) in [6.07, 6.45) is 2.95. The van der Waals surface area contributed by atoms with Crippen molar-refractivity contribution in [1.29, 1.82) is 0 Å². The van der Waals surface area contributed by atoms with E-state index >= 15 is 0 Å². The van der Waals surface area contributed by atoms with Crippen LogP contribution in [0.2, 0.25) is 0 Å². The monoisotopic (exact) mass is 296 g/mol. The highest BCUT2D eigenvalue weighted by molar-refractivity contribution is 7.07. The van der Waals surface area contributed by atoms with Crippen molar-refractivity contribution in [1.82, 2.24) is 10.2 Å². The maximum absolute atomic E-state index is 12.1. The zero-order valence-electron chi connectivity index (χ0n) is 11.5. The number of carbonyl (C=O) groups excluding carboxylic acids is 1. The molecule has 1 atom stereocenters. The number of nitrogens with zero attached hydrogens (tertiary/aromatic N) is 1. The molecule has 110 valence electrons. The molecule has 0 aromatic carbocycles. The van der Waals surface area contributed by atoms with Crippen LogP contribution in [-0.4, -0.2) is 41.1 Å². The van der Waals surface area contributed by atoms with Gasteiger partial charge in [-0.05, 0) is 54.5 Å². The first-order valence-electron chi connectivity index (χ1n) is 6.83. The highest BCUT2D eigenvalue weighted by atomic mass is 32.1. The number of hydrogen-bond acceptors (Lipinski definition) is 3. The normalized spacial score (nSPS) is 15.7. The standard InChI is InChI=1S/C14H20N2O3S/c1-10(6-12-4-5-20-9-12)15-14(19)16(8-13(17)18)7-11-2-3-11/h4-5,9-11H,2-3,6-8H2,1H3,(H,15,19)(H,17,18). The fourth-order valence-electron chi connectivity index (χ4n) is 2.11. The van der Waals surface area contributed by atoms with Gasteiger partial charge in [0.15, 0.2) is 0 Å². The summed E-state index contributed by atoms with van der Waals surface area (Å²) >= 11 is 1.63. The Balaban J connectivity index is 1.84. The van der Waals surface area contributed by atoms with E-state index < -0.39 is 5.97 Å². The third-order valence-corrected chi connectivity index (χ3v) is 4.01. The van der Waals surface area contributed by atoms with Crippen LogP contribution >= 0.6 is 11.3 Å². The minimum absolute atomic E-state index is 0.00685. The predicted molar refractivity (Wildman–Crippen MR) is 77.9 cm³/mol. The first kappa shape index (κ1) is 14.8. The minimum Gasteiger partial charge on any atom is -0.480 e. The molecule has 2 amide bonds. The summed E-state index contributed by atoms with van der Waals surface area (Å²) in [6.45, 7) is 2.25. The minimum atomic E-state index is -0.966. The lowest BCUT2D eigenvalue weighted by atomic mass is 10.1. The van der Waals surface area contributed by atoms with Crippen molar-refractivity contribution >= 4 is 23.3 Å². The number of amides is 2. The van der Waals surface area contributed by atoms with Crippen LogP contribution in [0.1, 0.15) is 25.3 Å². The molecule has 5 nitrogen and oxygen atoms in total. The number of nitrogens with one attached hydrogen (secondary N) is 1. The van der Waals surface area contributed by atoms with Gasteiger partial charge >= 0.3 is 12.0 Å². The second-order valence-corrected chi connectivity index (χ2v) is 6.18. The second-order valence-electron chi connectivity index (χ2n) is 5.40. The van der Waals surface area contributed by atoms with Crippen molar-refractivity contribution in [2.45, 2.75) is 32.2 Å². The third kappa shape index (κ3) is 4.85. The summed E-state index contributed by atoms with van der Waals surface area (Å²) in [5.74, 6) is -0.487. The smallest absolute Gasteiger partial charge is 0.323 e. The molecule has 1 fully saturated rings. The molecule has 1 saturated carbocycles. The molecular formula is C14H20N2O3S. The average molecular weight is 296 g/mol. The number of urea groups is 1. The van der Waals surface area contributed by atoms with Crippen LogP contribution in [0.3, 0.4) is 0 Å². The van der Waals surface area contributed by atoms with Gasteiger partial charge in [-0.3, -0.25) is 4.79 Å². The first-order valence-corrected chi connectivity index (χ1v) is 7.77. The third-order valence-electron chi connectivity index (χ3n) is 3.28. The van der Waals surface area contributed by atoms with Gasteiger partial charge in [-0.1, -0.05) is 0 Å². The molecule has 1 unspecified atom stereocenters. The van der Waals surface area contributed by atoms with Gasteiger partial charge in [-0.15, -0.1) is 0 Å². The molecule has 1 aliphatic rings. The Bertz CT molecular complexity index is 457. The second kappa shape index (κ2) is 6.74. The number of carbonyl (C=O) groups is 2. The fourth-order valence-corrected chi connectivity index (χ4v) is 2.79. The van der Waals surface area contributed by atoms with Crippen molar-refractivity contribution in [2.24, 2.45) is 5.92 Å². The van der Waals surface area contributed by atoms with E-state index in [1.54, 1.807) is 11.3 Å². The van der Waals surface area contributed by atoms with E-state index in [0.717, 1.165) is 19.3 Å². The molecule has 0 bridgehead atoms. The number of carboxylic acid groups (broad SMARTS) is 1. The van der Waals surface area contributed by atoms with Crippen molar-refractivity contribution < 1.29 is 14.7 Å². The van der Waals surface area contributed by atoms with Crippen LogP contribution in [0.15, 0.2) is 16.8 Å². The molecule has 1 heterocycles. The Hall–Kier alpha value is -1.56. The van der Waals surface area contributed by atoms with E-state index in [0.29, 0.717) is 12.5 Å². The van der Waals surface area contributed by atoms with Crippen LogP contribution in [0.25, 0.3) is 0 Å². The van der Waals surface area contributed by atoms with Crippen molar-refractivity contribution in [3.63, 3.8) is 0 Å². The van der Waals surface area contributed by atoms with Gasteiger partial charge < -0.3 is 15.3 Å². The zero-order chi connectivity index (χ0) is 14.5. The van der Waals surface area contributed by atoms with Gasteiger partial charge in [-0.25, -0.2) is 4.79 Å². The van der Waals surface area contributed by atoms with Gasteiger partial charge in [0.2, 0.25) is 0 Å². The van der Waals surface area contributed by atoms with Crippen molar-refractivity contribution in [3.8, 4) is 0 Å².